The molecule has 156 valence electrons. The Morgan fingerprint density at radius 3 is 2.83 bits per heavy atom. The van der Waals surface area contributed by atoms with Gasteiger partial charge in [0.2, 0.25) is 5.91 Å². The van der Waals surface area contributed by atoms with E-state index in [0.717, 1.165) is 41.8 Å². The highest BCUT2D eigenvalue weighted by atomic mass is 19.1. The fourth-order valence-corrected chi connectivity index (χ4v) is 4.02. The van der Waals surface area contributed by atoms with Crippen LogP contribution in [-0.4, -0.2) is 32.5 Å². The van der Waals surface area contributed by atoms with Crippen molar-refractivity contribution < 1.29 is 13.7 Å². The van der Waals surface area contributed by atoms with E-state index >= 15 is 0 Å². The molecule has 1 atom stereocenters. The molecule has 0 bridgehead atoms. The summed E-state index contributed by atoms with van der Waals surface area (Å²) in [6, 6.07) is 6.03. The Labute approximate surface area is 175 Å². The molecule has 2 aromatic heterocycles. The lowest BCUT2D eigenvalue weighted by Crippen LogP contribution is -2.40. The zero-order chi connectivity index (χ0) is 21.3. The maximum atomic E-state index is 13.6. The van der Waals surface area contributed by atoms with Crippen molar-refractivity contribution in [3.63, 3.8) is 0 Å². The van der Waals surface area contributed by atoms with E-state index in [0.29, 0.717) is 23.7 Å². The number of hydrogen-bond donors (Lipinski definition) is 0. The van der Waals surface area contributed by atoms with Gasteiger partial charge in [-0.1, -0.05) is 17.3 Å². The molecule has 0 aliphatic carbocycles. The Hall–Kier alpha value is -3.09. The molecule has 0 N–H and O–H groups in total. The summed E-state index contributed by atoms with van der Waals surface area (Å²) in [5, 5.41) is 4.07. The number of hydrogen-bond acceptors (Lipinski definition) is 5. The topological polar surface area (TPSA) is 72.1 Å². The van der Waals surface area contributed by atoms with Crippen LogP contribution in [0.5, 0.6) is 0 Å². The van der Waals surface area contributed by atoms with Crippen LogP contribution in [0.2, 0.25) is 0 Å². The Balaban J connectivity index is 1.70. The summed E-state index contributed by atoms with van der Waals surface area (Å²) in [6.07, 6.45) is 4.67. The van der Waals surface area contributed by atoms with Crippen molar-refractivity contribution in [3.8, 4) is 11.3 Å². The molecule has 1 aliphatic heterocycles. The molecule has 1 aromatic carbocycles. The number of halogens is 1. The first-order valence-corrected chi connectivity index (χ1v) is 10.2. The zero-order valence-corrected chi connectivity index (χ0v) is 17.5. The van der Waals surface area contributed by atoms with Crippen LogP contribution in [0.1, 0.15) is 53.6 Å². The number of nitrogens with zero attached hydrogens (tertiary/aromatic N) is 4. The number of likely N-dealkylation sites (tertiary alicyclic amines) is 1. The van der Waals surface area contributed by atoms with E-state index in [9.17, 15) is 9.18 Å². The smallest absolute Gasteiger partial charge is 0.227 e. The highest BCUT2D eigenvalue weighted by molar-refractivity contribution is 5.80. The highest BCUT2D eigenvalue weighted by Gasteiger charge is 2.32. The number of amides is 1. The van der Waals surface area contributed by atoms with Crippen molar-refractivity contribution in [2.45, 2.75) is 52.5 Å². The second-order valence-corrected chi connectivity index (χ2v) is 7.84. The number of aromatic nitrogens is 3. The molecule has 1 amide bonds. The first kappa shape index (κ1) is 20.2. The fourth-order valence-electron chi connectivity index (χ4n) is 4.02. The quantitative estimate of drug-likeness (QED) is 0.636. The third-order valence-corrected chi connectivity index (χ3v) is 5.72. The standard InChI is InChI=1S/C23H25FN4O2/c1-14-15(2)27-30-23(14)19-13-25-16(3)26-22(19)20-9-4-5-10-28(20)21(29)12-17-7-6-8-18(24)11-17/h6-8,11,13,20H,4-5,9-10,12H2,1-3H3/t20-/m1/s1. The first-order valence-electron chi connectivity index (χ1n) is 10.2. The molecule has 30 heavy (non-hydrogen) atoms. The van der Waals surface area contributed by atoms with E-state index in [-0.39, 0.29) is 24.2 Å². The first-order chi connectivity index (χ1) is 14.4. The van der Waals surface area contributed by atoms with Crippen molar-refractivity contribution in [2.75, 3.05) is 6.54 Å². The fraction of sp³-hybridized carbons (Fsp3) is 0.391. The van der Waals surface area contributed by atoms with Crippen molar-refractivity contribution in [3.05, 3.63) is 64.6 Å². The number of rotatable bonds is 4. The minimum absolute atomic E-state index is 0.0296. The molecule has 3 heterocycles. The van der Waals surface area contributed by atoms with E-state index in [1.54, 1.807) is 18.3 Å². The SMILES string of the molecule is Cc1ncc(-c2onc(C)c2C)c([C@H]2CCCCN2C(=O)Cc2cccc(F)c2)n1. The van der Waals surface area contributed by atoms with Gasteiger partial charge in [-0.3, -0.25) is 4.79 Å². The molecule has 7 heteroatoms. The molecular weight excluding hydrogens is 383 g/mol. The molecule has 6 nitrogen and oxygen atoms in total. The minimum Gasteiger partial charge on any atom is -0.356 e. The largest absolute Gasteiger partial charge is 0.356 e. The van der Waals surface area contributed by atoms with E-state index in [4.69, 9.17) is 9.51 Å². The number of aryl methyl sites for hydroxylation is 2. The minimum atomic E-state index is -0.333. The Bertz CT molecular complexity index is 1080. The van der Waals surface area contributed by atoms with Crippen molar-refractivity contribution >= 4 is 5.91 Å². The lowest BCUT2D eigenvalue weighted by molar-refractivity contribution is -0.134. The summed E-state index contributed by atoms with van der Waals surface area (Å²) in [5.41, 5.74) is 3.99. The summed E-state index contributed by atoms with van der Waals surface area (Å²) < 4.78 is 19.2. The van der Waals surface area contributed by atoms with Gasteiger partial charge in [0.15, 0.2) is 5.76 Å². The van der Waals surface area contributed by atoms with Crippen LogP contribution < -0.4 is 0 Å². The Morgan fingerprint density at radius 1 is 1.27 bits per heavy atom. The van der Waals surface area contributed by atoms with E-state index in [1.807, 2.05) is 25.7 Å². The maximum Gasteiger partial charge on any atom is 0.227 e. The van der Waals surface area contributed by atoms with Gasteiger partial charge < -0.3 is 9.42 Å². The van der Waals surface area contributed by atoms with Gasteiger partial charge >= 0.3 is 0 Å². The van der Waals surface area contributed by atoms with E-state index in [1.165, 1.54) is 12.1 Å². The van der Waals surface area contributed by atoms with Crippen LogP contribution in [-0.2, 0) is 11.2 Å². The number of piperidine rings is 1. The molecule has 4 rings (SSSR count). The molecule has 0 spiro atoms. The lowest BCUT2D eigenvalue weighted by atomic mass is 9.94. The second-order valence-electron chi connectivity index (χ2n) is 7.84. The number of benzene rings is 1. The van der Waals surface area contributed by atoms with Gasteiger partial charge in [-0.2, -0.15) is 0 Å². The number of carbonyl (C=O) groups excluding carboxylic acids is 1. The third-order valence-electron chi connectivity index (χ3n) is 5.72. The molecule has 0 saturated carbocycles. The lowest BCUT2D eigenvalue weighted by Gasteiger charge is -2.36. The van der Waals surface area contributed by atoms with E-state index in [2.05, 4.69) is 10.1 Å². The van der Waals surface area contributed by atoms with Crippen LogP contribution in [0, 0.1) is 26.6 Å². The van der Waals surface area contributed by atoms with Gasteiger partial charge in [-0.15, -0.1) is 0 Å². The maximum absolute atomic E-state index is 13.6. The monoisotopic (exact) mass is 408 g/mol. The molecule has 1 aliphatic rings. The third kappa shape index (κ3) is 3.97. The predicted molar refractivity (Wildman–Crippen MR) is 110 cm³/mol. The van der Waals surface area contributed by atoms with Gasteiger partial charge in [0.05, 0.1) is 29.4 Å². The van der Waals surface area contributed by atoms with Crippen molar-refractivity contribution in [1.29, 1.82) is 0 Å². The van der Waals surface area contributed by atoms with Gasteiger partial charge in [-0.05, 0) is 57.7 Å². The van der Waals surface area contributed by atoms with Crippen LogP contribution in [0.15, 0.2) is 35.0 Å². The van der Waals surface area contributed by atoms with Gasteiger partial charge in [0.1, 0.15) is 11.6 Å². The molecule has 0 radical (unpaired) electrons. The summed E-state index contributed by atoms with van der Waals surface area (Å²) in [5.74, 6) is 0.926. The molecule has 3 aromatic rings. The highest BCUT2D eigenvalue weighted by Crippen LogP contribution is 2.37. The summed E-state index contributed by atoms with van der Waals surface area (Å²) in [7, 11) is 0. The molecular formula is C23H25FN4O2. The summed E-state index contributed by atoms with van der Waals surface area (Å²) in [6.45, 7) is 6.34. The Kier molecular flexibility index (Phi) is 5.61. The van der Waals surface area contributed by atoms with Gasteiger partial charge in [0, 0.05) is 18.3 Å². The van der Waals surface area contributed by atoms with Crippen LogP contribution >= 0.6 is 0 Å². The normalized spacial score (nSPS) is 16.7. The Morgan fingerprint density at radius 2 is 2.10 bits per heavy atom. The molecule has 1 saturated heterocycles. The van der Waals surface area contributed by atoms with Gasteiger partial charge in [0.25, 0.3) is 0 Å². The van der Waals surface area contributed by atoms with Crippen LogP contribution in [0.4, 0.5) is 4.39 Å². The van der Waals surface area contributed by atoms with Crippen molar-refractivity contribution in [2.24, 2.45) is 0 Å². The predicted octanol–water partition coefficient (Wildman–Crippen LogP) is 4.49. The average Bonchev–Trinajstić information content (AvgIpc) is 3.06. The number of carbonyl (C=O) groups is 1. The van der Waals surface area contributed by atoms with Gasteiger partial charge in [-0.25, -0.2) is 14.4 Å². The molecule has 1 fully saturated rings. The van der Waals surface area contributed by atoms with E-state index < -0.39 is 0 Å². The van der Waals surface area contributed by atoms with Crippen LogP contribution in [0.3, 0.4) is 0 Å². The summed E-state index contributed by atoms with van der Waals surface area (Å²) >= 11 is 0. The molecule has 0 unspecified atom stereocenters. The summed E-state index contributed by atoms with van der Waals surface area (Å²) in [4.78, 5) is 24.2. The second kappa shape index (κ2) is 8.34. The van der Waals surface area contributed by atoms with Crippen LogP contribution in [0.25, 0.3) is 11.3 Å². The average molecular weight is 408 g/mol. The van der Waals surface area contributed by atoms with Crippen molar-refractivity contribution in [1.82, 2.24) is 20.0 Å². The zero-order valence-electron chi connectivity index (χ0n) is 17.5.